The third-order valence-electron chi connectivity index (χ3n) is 5.85. The summed E-state index contributed by atoms with van der Waals surface area (Å²) in [5.74, 6) is 3.58. The Morgan fingerprint density at radius 3 is 2.16 bits per heavy atom. The molecule has 5 heteroatoms. The first kappa shape index (κ1) is 23.5. The smallest absolute Gasteiger partial charge is 0.137 e. The average molecular weight is 437 g/mol. The van der Waals surface area contributed by atoms with Crippen LogP contribution in [0.4, 0.5) is 0 Å². The van der Waals surface area contributed by atoms with Crippen LogP contribution >= 0.6 is 0 Å². The molecule has 0 aliphatic heterocycles. The molecule has 1 unspecified atom stereocenters. The van der Waals surface area contributed by atoms with Gasteiger partial charge >= 0.3 is 0 Å². The molecule has 32 heavy (non-hydrogen) atoms. The van der Waals surface area contributed by atoms with Crippen molar-refractivity contribution < 1.29 is 23.7 Å². The Morgan fingerprint density at radius 2 is 1.50 bits per heavy atom. The number of benzene rings is 2. The molecule has 170 valence electrons. The highest BCUT2D eigenvalue weighted by Crippen LogP contribution is 2.34. The zero-order valence-electron chi connectivity index (χ0n) is 19.4. The number of carbonyl (C=O) groups is 1. The molecule has 0 radical (unpaired) electrons. The van der Waals surface area contributed by atoms with E-state index in [0.29, 0.717) is 31.1 Å². The molecule has 0 amide bonds. The molecule has 1 aliphatic rings. The fourth-order valence-electron chi connectivity index (χ4n) is 4.06. The van der Waals surface area contributed by atoms with E-state index in [1.807, 2.05) is 42.5 Å². The summed E-state index contributed by atoms with van der Waals surface area (Å²) in [5.41, 5.74) is 3.41. The molecule has 0 fully saturated rings. The van der Waals surface area contributed by atoms with Crippen molar-refractivity contribution in [2.24, 2.45) is 5.92 Å². The first-order chi connectivity index (χ1) is 15.6. The molecule has 0 aromatic heterocycles. The van der Waals surface area contributed by atoms with Crippen LogP contribution in [-0.2, 0) is 11.2 Å². The van der Waals surface area contributed by atoms with E-state index in [1.54, 1.807) is 21.3 Å². The summed E-state index contributed by atoms with van der Waals surface area (Å²) in [7, 11) is 4.89. The van der Waals surface area contributed by atoms with Gasteiger partial charge in [0.15, 0.2) is 0 Å². The number of ether oxygens (including phenoxy) is 4. The lowest BCUT2D eigenvalue weighted by Crippen LogP contribution is -2.12. The minimum atomic E-state index is 0.190. The SMILES string of the molecule is CCC1C(CCC(=O)Cc2cc(OC)ccc2OC)=CC=C1COc1ccc(OC)cc1. The summed E-state index contributed by atoms with van der Waals surface area (Å²) in [6, 6.07) is 13.2. The lowest BCUT2D eigenvalue weighted by molar-refractivity contribution is -0.118. The largest absolute Gasteiger partial charge is 0.497 e. The van der Waals surface area contributed by atoms with Gasteiger partial charge in [-0.1, -0.05) is 24.6 Å². The van der Waals surface area contributed by atoms with E-state index in [2.05, 4.69) is 19.1 Å². The highest BCUT2D eigenvalue weighted by atomic mass is 16.5. The Hall–Kier alpha value is -3.21. The number of rotatable bonds is 12. The Balaban J connectivity index is 1.51. The van der Waals surface area contributed by atoms with Gasteiger partial charge in [-0.05, 0) is 60.9 Å². The van der Waals surface area contributed by atoms with Gasteiger partial charge in [-0.25, -0.2) is 0 Å². The van der Waals surface area contributed by atoms with Crippen molar-refractivity contribution in [3.8, 4) is 23.0 Å². The Bertz CT molecular complexity index is 972. The number of Topliss-reactive ketones (excluding diaryl/α,β-unsaturated/α-hetero) is 1. The van der Waals surface area contributed by atoms with Gasteiger partial charge in [-0.3, -0.25) is 4.79 Å². The predicted octanol–water partition coefficient (Wildman–Crippen LogP) is 5.58. The summed E-state index contributed by atoms with van der Waals surface area (Å²) < 4.78 is 21.8. The third kappa shape index (κ3) is 5.94. The van der Waals surface area contributed by atoms with Gasteiger partial charge in [-0.2, -0.15) is 0 Å². The first-order valence-electron chi connectivity index (χ1n) is 11.0. The minimum absolute atomic E-state index is 0.190. The Labute approximate surface area is 190 Å². The van der Waals surface area contributed by atoms with Crippen molar-refractivity contribution in [1.82, 2.24) is 0 Å². The number of allylic oxidation sites excluding steroid dienone is 3. The van der Waals surface area contributed by atoms with E-state index >= 15 is 0 Å². The van der Waals surface area contributed by atoms with Gasteiger partial charge in [0.05, 0.1) is 21.3 Å². The summed E-state index contributed by atoms with van der Waals surface area (Å²) in [5, 5.41) is 0. The minimum Gasteiger partial charge on any atom is -0.497 e. The summed E-state index contributed by atoms with van der Waals surface area (Å²) in [6.07, 6.45) is 6.88. The maximum absolute atomic E-state index is 12.7. The molecule has 0 spiro atoms. The van der Waals surface area contributed by atoms with E-state index in [1.165, 1.54) is 11.1 Å². The van der Waals surface area contributed by atoms with E-state index in [4.69, 9.17) is 18.9 Å². The van der Waals surface area contributed by atoms with Gasteiger partial charge in [0.25, 0.3) is 0 Å². The van der Waals surface area contributed by atoms with Crippen LogP contribution < -0.4 is 18.9 Å². The Kier molecular flexibility index (Phi) is 8.37. The highest BCUT2D eigenvalue weighted by molar-refractivity contribution is 5.82. The Morgan fingerprint density at radius 1 is 0.844 bits per heavy atom. The number of hydrogen-bond donors (Lipinski definition) is 0. The molecule has 5 nitrogen and oxygen atoms in total. The second kappa shape index (κ2) is 11.4. The fraction of sp³-hybridized carbons (Fsp3) is 0.370. The van der Waals surface area contributed by atoms with Crippen molar-refractivity contribution in [3.63, 3.8) is 0 Å². The molecule has 3 rings (SSSR count). The van der Waals surface area contributed by atoms with E-state index in [9.17, 15) is 4.79 Å². The van der Waals surface area contributed by atoms with Crippen LogP contribution in [0.15, 0.2) is 65.8 Å². The van der Waals surface area contributed by atoms with Crippen molar-refractivity contribution in [1.29, 1.82) is 0 Å². The normalized spacial score (nSPS) is 15.1. The summed E-state index contributed by atoms with van der Waals surface area (Å²) >= 11 is 0. The zero-order valence-corrected chi connectivity index (χ0v) is 19.4. The monoisotopic (exact) mass is 436 g/mol. The molecular weight excluding hydrogens is 404 g/mol. The lowest BCUT2D eigenvalue weighted by atomic mass is 9.89. The van der Waals surface area contributed by atoms with E-state index < -0.39 is 0 Å². The average Bonchev–Trinajstić information content (AvgIpc) is 3.23. The van der Waals surface area contributed by atoms with Crippen molar-refractivity contribution in [3.05, 3.63) is 71.3 Å². The van der Waals surface area contributed by atoms with E-state index in [-0.39, 0.29) is 5.78 Å². The standard InChI is InChI=1S/C27H32O5/c1-5-26-19(6-7-20(26)18-32-24-12-10-23(29-2)11-13-24)8-9-22(28)16-21-17-25(30-3)14-15-27(21)31-4/h6-7,10-15,17,26H,5,8-9,16,18H2,1-4H3. The van der Waals surface area contributed by atoms with Crippen LogP contribution in [0.3, 0.4) is 0 Å². The molecule has 0 saturated heterocycles. The second-order valence-electron chi connectivity index (χ2n) is 7.80. The molecule has 1 aliphatic carbocycles. The topological polar surface area (TPSA) is 54.0 Å². The van der Waals surface area contributed by atoms with Crippen molar-refractivity contribution >= 4 is 5.78 Å². The molecular formula is C27H32O5. The summed E-state index contributed by atoms with van der Waals surface area (Å²) in [6.45, 7) is 2.72. The summed E-state index contributed by atoms with van der Waals surface area (Å²) in [4.78, 5) is 12.7. The van der Waals surface area contributed by atoms with Crippen LogP contribution in [0.5, 0.6) is 23.0 Å². The predicted molar refractivity (Wildman–Crippen MR) is 126 cm³/mol. The number of hydrogen-bond acceptors (Lipinski definition) is 5. The molecule has 0 saturated carbocycles. The maximum Gasteiger partial charge on any atom is 0.137 e. The zero-order chi connectivity index (χ0) is 22.9. The van der Waals surface area contributed by atoms with Crippen LogP contribution in [0, 0.1) is 5.92 Å². The van der Waals surface area contributed by atoms with Gasteiger partial charge in [0, 0.05) is 24.3 Å². The van der Waals surface area contributed by atoms with Gasteiger partial charge in [-0.15, -0.1) is 0 Å². The second-order valence-corrected chi connectivity index (χ2v) is 7.80. The molecule has 0 heterocycles. The molecule has 2 aromatic rings. The molecule has 1 atom stereocenters. The maximum atomic E-state index is 12.7. The molecule has 0 bridgehead atoms. The highest BCUT2D eigenvalue weighted by Gasteiger charge is 2.22. The van der Waals surface area contributed by atoms with Gasteiger partial charge in [0.1, 0.15) is 35.4 Å². The molecule has 2 aromatic carbocycles. The number of methoxy groups -OCH3 is 3. The van der Waals surface area contributed by atoms with Gasteiger partial charge in [0.2, 0.25) is 0 Å². The molecule has 0 N–H and O–H groups in total. The first-order valence-corrected chi connectivity index (χ1v) is 11.0. The van der Waals surface area contributed by atoms with E-state index in [0.717, 1.165) is 35.7 Å². The quantitative estimate of drug-likeness (QED) is 0.435. The third-order valence-corrected chi connectivity index (χ3v) is 5.85. The van der Waals surface area contributed by atoms with Gasteiger partial charge < -0.3 is 18.9 Å². The number of carbonyl (C=O) groups excluding carboxylic acids is 1. The van der Waals surface area contributed by atoms with Crippen LogP contribution in [0.25, 0.3) is 0 Å². The van der Waals surface area contributed by atoms with Crippen LogP contribution in [-0.4, -0.2) is 33.7 Å². The van der Waals surface area contributed by atoms with Crippen molar-refractivity contribution in [2.75, 3.05) is 27.9 Å². The lowest BCUT2D eigenvalue weighted by Gasteiger charge is -2.18. The fourth-order valence-corrected chi connectivity index (χ4v) is 4.06. The number of ketones is 1. The van der Waals surface area contributed by atoms with Crippen LogP contribution in [0.2, 0.25) is 0 Å². The van der Waals surface area contributed by atoms with Crippen molar-refractivity contribution in [2.45, 2.75) is 32.6 Å². The van der Waals surface area contributed by atoms with Crippen LogP contribution in [0.1, 0.15) is 31.7 Å².